The summed E-state index contributed by atoms with van der Waals surface area (Å²) < 4.78 is 16.9. The molecule has 0 saturated carbocycles. The molecule has 79 heavy (non-hydrogen) atoms. The van der Waals surface area contributed by atoms with E-state index in [4.69, 9.17) is 14.2 Å². The predicted molar refractivity (Wildman–Crippen MR) is 344 cm³/mol. The van der Waals surface area contributed by atoms with Gasteiger partial charge >= 0.3 is 17.9 Å². The van der Waals surface area contributed by atoms with Crippen LogP contribution < -0.4 is 0 Å². The molecule has 0 heterocycles. The largest absolute Gasteiger partial charge is 0.462 e. The van der Waals surface area contributed by atoms with E-state index in [9.17, 15) is 14.4 Å². The van der Waals surface area contributed by atoms with Gasteiger partial charge in [0.1, 0.15) is 13.2 Å². The zero-order valence-electron chi connectivity index (χ0n) is 53.2. The van der Waals surface area contributed by atoms with Crippen molar-refractivity contribution in [1.29, 1.82) is 0 Å². The molecule has 0 aliphatic rings. The molecule has 6 nitrogen and oxygen atoms in total. The first kappa shape index (κ1) is 76.4. The molecule has 0 aromatic carbocycles. The lowest BCUT2D eigenvalue weighted by Gasteiger charge is -2.18. The Morgan fingerprint density at radius 1 is 0.266 bits per heavy atom. The average molecular weight is 1110 g/mol. The summed E-state index contributed by atoms with van der Waals surface area (Å²) in [6.45, 7) is 6.53. The molecule has 0 N–H and O–H groups in total. The van der Waals surface area contributed by atoms with Crippen LogP contribution >= 0.6 is 0 Å². The SMILES string of the molecule is CC/C=C\C/C=C\C/C=C\C/C=C\CCCCCCCCCCCCCCCCC(=O)OC(COC(=O)CCCCCCCC)COC(=O)CCCCCCCCCCCCCCCCCCCCCCCCCCCCCC. The van der Waals surface area contributed by atoms with Crippen LogP contribution in [0.2, 0.25) is 0 Å². The van der Waals surface area contributed by atoms with Crippen LogP contribution in [0.5, 0.6) is 0 Å². The highest BCUT2D eigenvalue weighted by molar-refractivity contribution is 5.71. The minimum absolute atomic E-state index is 0.0678. The molecule has 0 aliphatic heterocycles. The van der Waals surface area contributed by atoms with Crippen LogP contribution in [0.1, 0.15) is 380 Å². The first-order chi connectivity index (χ1) is 39.0. The molecule has 0 spiro atoms. The predicted octanol–water partition coefficient (Wildman–Crippen LogP) is 24.1. The summed E-state index contributed by atoms with van der Waals surface area (Å²) >= 11 is 0. The molecule has 1 atom stereocenters. The molecule has 0 rings (SSSR count). The van der Waals surface area contributed by atoms with Gasteiger partial charge in [0.15, 0.2) is 6.10 Å². The average Bonchev–Trinajstić information content (AvgIpc) is 3.45. The van der Waals surface area contributed by atoms with Gasteiger partial charge < -0.3 is 14.2 Å². The van der Waals surface area contributed by atoms with Crippen LogP contribution in [0, 0.1) is 0 Å². The summed E-state index contributed by atoms with van der Waals surface area (Å²) in [4.78, 5) is 38.1. The number of ether oxygens (including phenoxy) is 3. The van der Waals surface area contributed by atoms with Gasteiger partial charge in [0.25, 0.3) is 0 Å². The molecule has 0 aromatic heterocycles. The topological polar surface area (TPSA) is 78.9 Å². The molecule has 462 valence electrons. The number of hydrogen-bond acceptors (Lipinski definition) is 6. The van der Waals surface area contributed by atoms with Crippen LogP contribution in [-0.2, 0) is 28.6 Å². The highest BCUT2D eigenvalue weighted by Gasteiger charge is 2.19. The van der Waals surface area contributed by atoms with Gasteiger partial charge in [0.2, 0.25) is 0 Å². The Balaban J connectivity index is 3.98. The molecule has 0 bridgehead atoms. The van der Waals surface area contributed by atoms with Crippen LogP contribution in [0.3, 0.4) is 0 Å². The molecule has 0 saturated heterocycles. The fraction of sp³-hybridized carbons (Fsp3) is 0.849. The number of unbranched alkanes of at least 4 members (excludes halogenated alkanes) is 46. The summed E-state index contributed by atoms with van der Waals surface area (Å²) in [5, 5.41) is 0. The minimum Gasteiger partial charge on any atom is -0.462 e. The zero-order valence-corrected chi connectivity index (χ0v) is 53.2. The van der Waals surface area contributed by atoms with E-state index in [0.29, 0.717) is 19.3 Å². The maximum Gasteiger partial charge on any atom is 0.306 e. The fourth-order valence-corrected chi connectivity index (χ4v) is 10.6. The normalized spacial score (nSPS) is 12.3. The summed E-state index contributed by atoms with van der Waals surface area (Å²) in [5.74, 6) is -0.854. The lowest BCUT2D eigenvalue weighted by molar-refractivity contribution is -0.167. The van der Waals surface area contributed by atoms with Crippen molar-refractivity contribution in [2.24, 2.45) is 0 Å². The van der Waals surface area contributed by atoms with Crippen molar-refractivity contribution in [3.63, 3.8) is 0 Å². The third-order valence-electron chi connectivity index (χ3n) is 15.8. The van der Waals surface area contributed by atoms with E-state index in [-0.39, 0.29) is 31.1 Å². The molecular formula is C73H134O6. The summed E-state index contributed by atoms with van der Waals surface area (Å²) in [7, 11) is 0. The van der Waals surface area contributed by atoms with Crippen LogP contribution in [0.15, 0.2) is 48.6 Å². The Hall–Kier alpha value is -2.63. The van der Waals surface area contributed by atoms with Crippen molar-refractivity contribution >= 4 is 17.9 Å². The van der Waals surface area contributed by atoms with Gasteiger partial charge in [-0.3, -0.25) is 14.4 Å². The highest BCUT2D eigenvalue weighted by atomic mass is 16.6. The van der Waals surface area contributed by atoms with E-state index in [1.807, 2.05) is 0 Å². The van der Waals surface area contributed by atoms with Gasteiger partial charge in [-0.1, -0.05) is 352 Å². The van der Waals surface area contributed by atoms with E-state index < -0.39 is 6.10 Å². The molecular weight excluding hydrogens is 973 g/mol. The van der Waals surface area contributed by atoms with Crippen molar-refractivity contribution in [3.05, 3.63) is 48.6 Å². The number of allylic oxidation sites excluding steroid dienone is 8. The van der Waals surface area contributed by atoms with Gasteiger partial charge in [-0.25, -0.2) is 0 Å². The highest BCUT2D eigenvalue weighted by Crippen LogP contribution is 2.19. The number of hydrogen-bond donors (Lipinski definition) is 0. The Labute approximate surface area is 492 Å². The first-order valence-corrected chi connectivity index (χ1v) is 35.1. The molecule has 0 amide bonds. The second kappa shape index (κ2) is 67.9. The van der Waals surface area contributed by atoms with E-state index >= 15 is 0 Å². The second-order valence-corrected chi connectivity index (χ2v) is 23.8. The van der Waals surface area contributed by atoms with Gasteiger partial charge in [0, 0.05) is 19.3 Å². The second-order valence-electron chi connectivity index (χ2n) is 23.8. The van der Waals surface area contributed by atoms with Gasteiger partial charge in [-0.05, 0) is 57.8 Å². The Morgan fingerprint density at radius 2 is 0.494 bits per heavy atom. The maximum atomic E-state index is 12.9. The monoisotopic (exact) mass is 1110 g/mol. The molecule has 6 heteroatoms. The minimum atomic E-state index is -0.768. The number of carbonyl (C=O) groups excluding carboxylic acids is 3. The Kier molecular flexibility index (Phi) is 65.6. The Bertz CT molecular complexity index is 1360. The lowest BCUT2D eigenvalue weighted by Crippen LogP contribution is -2.30. The third kappa shape index (κ3) is 66.1. The van der Waals surface area contributed by atoms with Crippen molar-refractivity contribution in [2.75, 3.05) is 13.2 Å². The summed E-state index contributed by atoms with van der Waals surface area (Å²) in [5.41, 5.74) is 0. The van der Waals surface area contributed by atoms with E-state index in [1.54, 1.807) is 0 Å². The van der Waals surface area contributed by atoms with Crippen molar-refractivity contribution in [2.45, 2.75) is 386 Å². The number of rotatable bonds is 65. The van der Waals surface area contributed by atoms with Crippen molar-refractivity contribution in [1.82, 2.24) is 0 Å². The van der Waals surface area contributed by atoms with Gasteiger partial charge in [-0.15, -0.1) is 0 Å². The van der Waals surface area contributed by atoms with Crippen LogP contribution in [0.25, 0.3) is 0 Å². The van der Waals surface area contributed by atoms with Crippen molar-refractivity contribution < 1.29 is 28.6 Å². The van der Waals surface area contributed by atoms with Crippen LogP contribution in [0.4, 0.5) is 0 Å². The standard InChI is InChI=1S/C73H134O6/c1-4-7-10-13-16-18-20-22-24-26-28-30-32-34-36-38-39-41-43-45-47-49-51-53-55-57-60-63-66-72(75)78-69-70(68-77-71(74)65-62-59-15-12-9-6-3)79-73(76)67-64-61-58-56-54-52-50-48-46-44-42-40-37-35-33-31-29-27-25-23-21-19-17-14-11-8-5-2/h8,11,17,19,23,25,29,31,70H,4-7,9-10,12-16,18,20-22,24,26-28,30,32-69H2,1-3H3/b11-8-,19-17-,25-23-,31-29-. The van der Waals surface area contributed by atoms with Gasteiger partial charge in [0.05, 0.1) is 0 Å². The molecule has 0 radical (unpaired) electrons. The lowest BCUT2D eigenvalue weighted by atomic mass is 10.0. The third-order valence-corrected chi connectivity index (χ3v) is 15.8. The summed E-state index contributed by atoms with van der Waals surface area (Å²) in [6, 6.07) is 0. The smallest absolute Gasteiger partial charge is 0.306 e. The maximum absolute atomic E-state index is 12.9. The van der Waals surface area contributed by atoms with Crippen LogP contribution in [-0.4, -0.2) is 37.2 Å². The van der Waals surface area contributed by atoms with E-state index in [2.05, 4.69) is 69.4 Å². The van der Waals surface area contributed by atoms with E-state index in [0.717, 1.165) is 83.5 Å². The molecule has 0 aliphatic carbocycles. The van der Waals surface area contributed by atoms with Crippen molar-refractivity contribution in [3.8, 4) is 0 Å². The molecule has 0 fully saturated rings. The van der Waals surface area contributed by atoms with Gasteiger partial charge in [-0.2, -0.15) is 0 Å². The van der Waals surface area contributed by atoms with E-state index in [1.165, 1.54) is 257 Å². The summed E-state index contributed by atoms with van der Waals surface area (Å²) in [6.07, 6.45) is 86.2. The Morgan fingerprint density at radius 3 is 0.772 bits per heavy atom. The first-order valence-electron chi connectivity index (χ1n) is 35.1. The fourth-order valence-electron chi connectivity index (χ4n) is 10.6. The molecule has 1 unspecified atom stereocenters. The number of esters is 3. The zero-order chi connectivity index (χ0) is 57.1. The molecule has 0 aromatic rings. The quantitative estimate of drug-likeness (QED) is 0.0261. The number of carbonyl (C=O) groups is 3.